The van der Waals surface area contributed by atoms with Crippen molar-refractivity contribution >= 4 is 21.6 Å². The molecular formula is C15H26BrN3O2. The molecule has 0 aromatic carbocycles. The summed E-state index contributed by atoms with van der Waals surface area (Å²) < 4.78 is 6.91. The molecule has 1 N–H and O–H groups in total. The molecule has 1 heterocycles. The number of hydrogen-bond donors (Lipinski definition) is 1. The van der Waals surface area contributed by atoms with E-state index in [-0.39, 0.29) is 5.56 Å². The van der Waals surface area contributed by atoms with Gasteiger partial charge in [0.25, 0.3) is 5.56 Å². The first kappa shape index (κ1) is 18.2. The number of unbranched alkanes of at least 4 members (excludes halogenated alkanes) is 5. The second kappa shape index (κ2) is 10.8. The fourth-order valence-corrected chi connectivity index (χ4v) is 2.50. The van der Waals surface area contributed by atoms with Crippen LogP contribution in [0.1, 0.15) is 45.4 Å². The van der Waals surface area contributed by atoms with E-state index in [0.717, 1.165) is 18.7 Å². The third kappa shape index (κ3) is 6.61. The highest BCUT2D eigenvalue weighted by Crippen LogP contribution is 2.16. The molecule has 0 saturated heterocycles. The highest BCUT2D eigenvalue weighted by atomic mass is 79.9. The normalized spacial score (nSPS) is 10.8. The first-order valence-corrected chi connectivity index (χ1v) is 8.48. The Bertz CT molecular complexity index is 463. The predicted molar refractivity (Wildman–Crippen MR) is 89.9 cm³/mol. The maximum absolute atomic E-state index is 12.1. The van der Waals surface area contributed by atoms with Crippen LogP contribution in [0.3, 0.4) is 0 Å². The third-order valence-corrected chi connectivity index (χ3v) is 4.10. The number of methoxy groups -OCH3 is 1. The molecule has 0 radical (unpaired) electrons. The van der Waals surface area contributed by atoms with Crippen LogP contribution in [0.2, 0.25) is 0 Å². The highest BCUT2D eigenvalue weighted by Gasteiger charge is 2.08. The minimum Gasteiger partial charge on any atom is -0.383 e. The average Bonchev–Trinajstić information content (AvgIpc) is 2.49. The van der Waals surface area contributed by atoms with Gasteiger partial charge in [-0.15, -0.1) is 0 Å². The summed E-state index contributed by atoms with van der Waals surface area (Å²) in [4.78, 5) is 12.1. The van der Waals surface area contributed by atoms with Crippen molar-refractivity contribution in [3.05, 3.63) is 21.0 Å². The quantitative estimate of drug-likeness (QED) is 0.615. The van der Waals surface area contributed by atoms with Gasteiger partial charge < -0.3 is 10.1 Å². The SMILES string of the molecule is CCCCCCCCNc1cnn(CCOC)c(=O)c1Br. The number of anilines is 1. The van der Waals surface area contributed by atoms with E-state index in [2.05, 4.69) is 33.3 Å². The number of rotatable bonds is 11. The highest BCUT2D eigenvalue weighted by molar-refractivity contribution is 9.10. The Morgan fingerprint density at radius 2 is 2.00 bits per heavy atom. The van der Waals surface area contributed by atoms with Crippen molar-refractivity contribution in [3.63, 3.8) is 0 Å². The van der Waals surface area contributed by atoms with Crippen LogP contribution >= 0.6 is 15.9 Å². The summed E-state index contributed by atoms with van der Waals surface area (Å²) in [5.41, 5.74) is 0.641. The van der Waals surface area contributed by atoms with E-state index in [4.69, 9.17) is 4.74 Å². The number of halogens is 1. The van der Waals surface area contributed by atoms with E-state index >= 15 is 0 Å². The molecule has 0 saturated carbocycles. The predicted octanol–water partition coefficient (Wildman–Crippen LogP) is 3.42. The first-order valence-electron chi connectivity index (χ1n) is 7.69. The Kier molecular flexibility index (Phi) is 9.34. The lowest BCUT2D eigenvalue weighted by Crippen LogP contribution is -2.26. The summed E-state index contributed by atoms with van der Waals surface area (Å²) in [5.74, 6) is 0. The molecule has 0 aliphatic rings. The van der Waals surface area contributed by atoms with Gasteiger partial charge in [0.05, 0.1) is 25.0 Å². The minimum absolute atomic E-state index is 0.125. The second-order valence-electron chi connectivity index (χ2n) is 5.09. The van der Waals surface area contributed by atoms with E-state index < -0.39 is 0 Å². The summed E-state index contributed by atoms with van der Waals surface area (Å²) >= 11 is 3.35. The Labute approximate surface area is 135 Å². The van der Waals surface area contributed by atoms with Crippen LogP contribution in [-0.4, -0.2) is 30.0 Å². The average molecular weight is 360 g/mol. The lowest BCUT2D eigenvalue weighted by atomic mass is 10.1. The number of nitrogens with one attached hydrogen (secondary N) is 1. The summed E-state index contributed by atoms with van der Waals surface area (Å²) in [7, 11) is 1.61. The zero-order chi connectivity index (χ0) is 15.5. The fourth-order valence-electron chi connectivity index (χ4n) is 2.05. The second-order valence-corrected chi connectivity index (χ2v) is 5.88. The largest absolute Gasteiger partial charge is 0.383 e. The smallest absolute Gasteiger partial charge is 0.283 e. The van der Waals surface area contributed by atoms with Gasteiger partial charge in [-0.25, -0.2) is 4.68 Å². The lowest BCUT2D eigenvalue weighted by molar-refractivity contribution is 0.181. The van der Waals surface area contributed by atoms with Gasteiger partial charge in [-0.1, -0.05) is 39.0 Å². The molecule has 0 spiro atoms. The molecule has 0 atom stereocenters. The van der Waals surface area contributed by atoms with Gasteiger partial charge in [-0.3, -0.25) is 4.79 Å². The van der Waals surface area contributed by atoms with Gasteiger partial charge in [0.2, 0.25) is 0 Å². The zero-order valence-corrected chi connectivity index (χ0v) is 14.6. The van der Waals surface area contributed by atoms with Crippen molar-refractivity contribution < 1.29 is 4.74 Å². The molecule has 1 aromatic heterocycles. The Balaban J connectivity index is 2.38. The molecule has 0 aliphatic heterocycles. The van der Waals surface area contributed by atoms with Crippen LogP contribution in [-0.2, 0) is 11.3 Å². The van der Waals surface area contributed by atoms with Crippen molar-refractivity contribution in [3.8, 4) is 0 Å². The van der Waals surface area contributed by atoms with Crippen LogP contribution in [0.25, 0.3) is 0 Å². The van der Waals surface area contributed by atoms with Crippen molar-refractivity contribution in [2.45, 2.75) is 52.0 Å². The zero-order valence-electron chi connectivity index (χ0n) is 13.0. The topological polar surface area (TPSA) is 56.1 Å². The van der Waals surface area contributed by atoms with Gasteiger partial charge in [-0.2, -0.15) is 5.10 Å². The minimum atomic E-state index is -0.125. The third-order valence-electron chi connectivity index (χ3n) is 3.34. The summed E-state index contributed by atoms with van der Waals surface area (Å²) in [6.45, 7) is 4.03. The molecule has 1 rings (SSSR count). The monoisotopic (exact) mass is 359 g/mol. The van der Waals surface area contributed by atoms with Crippen molar-refractivity contribution in [2.24, 2.45) is 0 Å². The molecule has 0 aliphatic carbocycles. The molecule has 0 fully saturated rings. The summed E-state index contributed by atoms with van der Waals surface area (Å²) in [6.07, 6.45) is 9.23. The van der Waals surface area contributed by atoms with Gasteiger partial charge in [0.15, 0.2) is 0 Å². The molecule has 5 nitrogen and oxygen atoms in total. The Hall–Kier alpha value is -0.880. The Morgan fingerprint density at radius 1 is 1.29 bits per heavy atom. The van der Waals surface area contributed by atoms with Crippen LogP contribution in [0.5, 0.6) is 0 Å². The van der Waals surface area contributed by atoms with Gasteiger partial charge in [0.1, 0.15) is 4.47 Å². The van der Waals surface area contributed by atoms with Crippen LogP contribution in [0.4, 0.5) is 5.69 Å². The summed E-state index contributed by atoms with van der Waals surface area (Å²) in [6, 6.07) is 0. The Morgan fingerprint density at radius 3 is 2.71 bits per heavy atom. The van der Waals surface area contributed by atoms with Gasteiger partial charge >= 0.3 is 0 Å². The number of hydrogen-bond acceptors (Lipinski definition) is 4. The lowest BCUT2D eigenvalue weighted by Gasteiger charge is -2.10. The first-order chi connectivity index (χ1) is 10.2. The van der Waals surface area contributed by atoms with E-state index in [1.165, 1.54) is 36.8 Å². The molecule has 1 aromatic rings. The van der Waals surface area contributed by atoms with Crippen LogP contribution in [0, 0.1) is 0 Å². The van der Waals surface area contributed by atoms with Crippen molar-refractivity contribution in [1.29, 1.82) is 0 Å². The van der Waals surface area contributed by atoms with Crippen molar-refractivity contribution in [2.75, 3.05) is 25.6 Å². The van der Waals surface area contributed by atoms with Crippen LogP contribution < -0.4 is 10.9 Å². The van der Waals surface area contributed by atoms with Crippen molar-refractivity contribution in [1.82, 2.24) is 9.78 Å². The molecule has 0 unspecified atom stereocenters. The molecule has 6 heteroatoms. The molecule has 21 heavy (non-hydrogen) atoms. The maximum Gasteiger partial charge on any atom is 0.283 e. The van der Waals surface area contributed by atoms with E-state index in [9.17, 15) is 4.79 Å². The fraction of sp³-hybridized carbons (Fsp3) is 0.733. The molecule has 120 valence electrons. The van der Waals surface area contributed by atoms with E-state index in [0.29, 0.717) is 17.6 Å². The van der Waals surface area contributed by atoms with Gasteiger partial charge in [-0.05, 0) is 22.4 Å². The maximum atomic E-state index is 12.1. The summed E-state index contributed by atoms with van der Waals surface area (Å²) in [5, 5.41) is 7.42. The van der Waals surface area contributed by atoms with Gasteiger partial charge in [0, 0.05) is 13.7 Å². The number of nitrogens with zero attached hydrogens (tertiary/aromatic N) is 2. The number of aromatic nitrogens is 2. The van der Waals surface area contributed by atoms with Crippen LogP contribution in [0.15, 0.2) is 15.5 Å². The van der Waals surface area contributed by atoms with E-state index in [1.54, 1.807) is 13.3 Å². The molecule has 0 amide bonds. The standard InChI is InChI=1S/C15H26BrN3O2/c1-3-4-5-6-7-8-9-17-13-12-18-19(10-11-21-2)15(20)14(13)16/h12,17H,3-11H2,1-2H3. The molecule has 0 bridgehead atoms. The molecular weight excluding hydrogens is 334 g/mol. The number of ether oxygens (including phenoxy) is 1. The van der Waals surface area contributed by atoms with E-state index in [1.807, 2.05) is 0 Å².